The third kappa shape index (κ3) is 0.700. The smallest absolute Gasteiger partial charge is 0.139 e. The molecule has 0 aromatic heterocycles. The maximum Gasteiger partial charge on any atom is 0.139 e. The van der Waals surface area contributed by atoms with Gasteiger partial charge in [0.05, 0.1) is 0 Å². The number of rotatable bonds is 0. The molecule has 8 heavy (non-hydrogen) atoms. The third-order valence-corrected chi connectivity index (χ3v) is 1.13. The summed E-state index contributed by atoms with van der Waals surface area (Å²) in [6.07, 6.45) is -1.66. The second-order valence-corrected chi connectivity index (χ2v) is 1.79. The van der Waals surface area contributed by atoms with Crippen LogP contribution in [0.2, 0.25) is 0 Å². The standard InChI is InChI=1S/C5H8O3/c1-3-5(7)4(6)2-8-3/h4-7H,1-2H2/t4-,5+/m1/s1. The van der Waals surface area contributed by atoms with Gasteiger partial charge in [0.1, 0.15) is 24.6 Å². The molecule has 0 radical (unpaired) electrons. The van der Waals surface area contributed by atoms with Crippen molar-refractivity contribution in [2.45, 2.75) is 12.2 Å². The third-order valence-electron chi connectivity index (χ3n) is 1.13. The highest BCUT2D eigenvalue weighted by Crippen LogP contribution is 2.14. The average molecular weight is 116 g/mol. The molecule has 46 valence electrons. The summed E-state index contributed by atoms with van der Waals surface area (Å²) in [6.45, 7) is 3.52. The van der Waals surface area contributed by atoms with Gasteiger partial charge in [0.15, 0.2) is 0 Å². The monoisotopic (exact) mass is 116 g/mol. The molecule has 0 aromatic carbocycles. The van der Waals surface area contributed by atoms with Crippen LogP contribution in [0.3, 0.4) is 0 Å². The molecule has 2 atom stereocenters. The van der Waals surface area contributed by atoms with Crippen molar-refractivity contribution in [3.05, 3.63) is 12.3 Å². The van der Waals surface area contributed by atoms with Crippen LogP contribution in [0.4, 0.5) is 0 Å². The largest absolute Gasteiger partial charge is 0.493 e. The molecule has 0 aliphatic carbocycles. The van der Waals surface area contributed by atoms with Gasteiger partial charge in [0.2, 0.25) is 0 Å². The van der Waals surface area contributed by atoms with Crippen molar-refractivity contribution < 1.29 is 14.9 Å². The highest BCUT2D eigenvalue weighted by Gasteiger charge is 2.27. The molecule has 1 heterocycles. The van der Waals surface area contributed by atoms with Crippen molar-refractivity contribution in [3.63, 3.8) is 0 Å². The minimum atomic E-state index is -0.880. The van der Waals surface area contributed by atoms with Gasteiger partial charge in [0, 0.05) is 0 Å². The minimum Gasteiger partial charge on any atom is -0.493 e. The van der Waals surface area contributed by atoms with Crippen LogP contribution in [-0.2, 0) is 4.74 Å². The predicted octanol–water partition coefficient (Wildman–Crippen LogP) is -0.748. The molecule has 0 spiro atoms. The van der Waals surface area contributed by atoms with Crippen molar-refractivity contribution in [2.75, 3.05) is 6.61 Å². The molecule has 1 saturated heterocycles. The Bertz CT molecular complexity index is 110. The van der Waals surface area contributed by atoms with Gasteiger partial charge in [0.25, 0.3) is 0 Å². The lowest BCUT2D eigenvalue weighted by Gasteiger charge is -2.00. The summed E-state index contributed by atoms with van der Waals surface area (Å²) >= 11 is 0. The van der Waals surface area contributed by atoms with Gasteiger partial charge < -0.3 is 14.9 Å². The van der Waals surface area contributed by atoms with Crippen molar-refractivity contribution >= 4 is 0 Å². The summed E-state index contributed by atoms with van der Waals surface area (Å²) < 4.78 is 4.68. The molecule has 1 aliphatic heterocycles. The summed E-state index contributed by atoms with van der Waals surface area (Å²) in [4.78, 5) is 0. The van der Waals surface area contributed by atoms with Crippen LogP contribution >= 0.6 is 0 Å². The van der Waals surface area contributed by atoms with Crippen LogP contribution in [0.15, 0.2) is 12.3 Å². The fraction of sp³-hybridized carbons (Fsp3) is 0.600. The van der Waals surface area contributed by atoms with E-state index in [4.69, 9.17) is 10.2 Å². The Morgan fingerprint density at radius 3 is 2.38 bits per heavy atom. The second kappa shape index (κ2) is 1.76. The molecule has 2 N–H and O–H groups in total. The number of hydrogen-bond acceptors (Lipinski definition) is 3. The molecule has 1 fully saturated rings. The van der Waals surface area contributed by atoms with Crippen LogP contribution in [-0.4, -0.2) is 29.0 Å². The highest BCUT2D eigenvalue weighted by molar-refractivity contribution is 5.00. The van der Waals surface area contributed by atoms with E-state index in [2.05, 4.69) is 11.3 Å². The van der Waals surface area contributed by atoms with Crippen molar-refractivity contribution in [1.29, 1.82) is 0 Å². The van der Waals surface area contributed by atoms with Gasteiger partial charge >= 0.3 is 0 Å². The SMILES string of the molecule is C=C1OC[C@@H](O)[C@H]1O. The number of ether oxygens (including phenoxy) is 1. The summed E-state index contributed by atoms with van der Waals surface area (Å²) in [5.41, 5.74) is 0. The molecular weight excluding hydrogens is 108 g/mol. The zero-order valence-electron chi connectivity index (χ0n) is 4.37. The average Bonchev–Trinajstić information content (AvgIpc) is 1.98. The first-order valence-corrected chi connectivity index (χ1v) is 2.39. The van der Waals surface area contributed by atoms with E-state index in [0.717, 1.165) is 0 Å². The first-order chi connectivity index (χ1) is 3.72. The topological polar surface area (TPSA) is 49.7 Å². The zero-order chi connectivity index (χ0) is 6.15. The lowest BCUT2D eigenvalue weighted by Crippen LogP contribution is -2.21. The Kier molecular flexibility index (Phi) is 1.23. The van der Waals surface area contributed by atoms with Crippen molar-refractivity contribution in [1.82, 2.24) is 0 Å². The van der Waals surface area contributed by atoms with Gasteiger partial charge in [-0.1, -0.05) is 6.58 Å². The molecule has 3 heteroatoms. The van der Waals surface area contributed by atoms with Crippen LogP contribution in [0.1, 0.15) is 0 Å². The fourth-order valence-corrected chi connectivity index (χ4v) is 0.584. The second-order valence-electron chi connectivity index (χ2n) is 1.79. The maximum absolute atomic E-state index is 8.79. The van der Waals surface area contributed by atoms with E-state index in [9.17, 15) is 0 Å². The first-order valence-electron chi connectivity index (χ1n) is 2.39. The lowest BCUT2D eigenvalue weighted by molar-refractivity contribution is 0.0642. The molecule has 3 nitrogen and oxygen atoms in total. The fourth-order valence-electron chi connectivity index (χ4n) is 0.584. The van der Waals surface area contributed by atoms with Gasteiger partial charge in [-0.15, -0.1) is 0 Å². The van der Waals surface area contributed by atoms with Crippen LogP contribution in [0, 0.1) is 0 Å². The molecular formula is C5H8O3. The summed E-state index contributed by atoms with van der Waals surface area (Å²) in [6, 6.07) is 0. The van der Waals surface area contributed by atoms with E-state index in [1.54, 1.807) is 0 Å². The van der Waals surface area contributed by atoms with E-state index in [1.165, 1.54) is 0 Å². The molecule has 0 aromatic rings. The summed E-state index contributed by atoms with van der Waals surface area (Å²) in [5, 5.41) is 17.5. The molecule has 0 saturated carbocycles. The van der Waals surface area contributed by atoms with Gasteiger partial charge in [-0.05, 0) is 0 Å². The van der Waals surface area contributed by atoms with Crippen molar-refractivity contribution in [2.24, 2.45) is 0 Å². The van der Waals surface area contributed by atoms with Crippen LogP contribution in [0.25, 0.3) is 0 Å². The lowest BCUT2D eigenvalue weighted by atomic mass is 10.2. The molecule has 1 aliphatic rings. The number of aliphatic hydroxyl groups excluding tert-OH is 2. The zero-order valence-corrected chi connectivity index (χ0v) is 4.37. The normalized spacial score (nSPS) is 37.5. The summed E-state index contributed by atoms with van der Waals surface area (Å²) in [7, 11) is 0. The predicted molar refractivity (Wildman–Crippen MR) is 27.1 cm³/mol. The Morgan fingerprint density at radius 2 is 2.25 bits per heavy atom. The number of hydrogen-bond donors (Lipinski definition) is 2. The van der Waals surface area contributed by atoms with Crippen LogP contribution in [0.5, 0.6) is 0 Å². The minimum absolute atomic E-state index is 0.167. The van der Waals surface area contributed by atoms with E-state index in [-0.39, 0.29) is 12.4 Å². The quantitative estimate of drug-likeness (QED) is 0.438. The first kappa shape index (κ1) is 5.59. The van der Waals surface area contributed by atoms with E-state index in [1.807, 2.05) is 0 Å². The molecule has 0 bridgehead atoms. The molecule has 0 amide bonds. The Balaban J connectivity index is 2.56. The molecule has 1 rings (SSSR count). The number of aliphatic hydroxyl groups is 2. The van der Waals surface area contributed by atoms with Gasteiger partial charge in [-0.3, -0.25) is 0 Å². The molecule has 0 unspecified atom stereocenters. The van der Waals surface area contributed by atoms with E-state index >= 15 is 0 Å². The Morgan fingerprint density at radius 1 is 1.62 bits per heavy atom. The van der Waals surface area contributed by atoms with Gasteiger partial charge in [-0.2, -0.15) is 0 Å². The van der Waals surface area contributed by atoms with Gasteiger partial charge in [-0.25, -0.2) is 0 Å². The van der Waals surface area contributed by atoms with E-state index in [0.29, 0.717) is 0 Å². The maximum atomic E-state index is 8.79. The van der Waals surface area contributed by atoms with Crippen LogP contribution < -0.4 is 0 Å². The summed E-state index contributed by atoms with van der Waals surface area (Å²) in [5.74, 6) is 0.262. The van der Waals surface area contributed by atoms with E-state index < -0.39 is 12.2 Å². The Hall–Kier alpha value is -0.540. The Labute approximate surface area is 47.2 Å². The van der Waals surface area contributed by atoms with Crippen molar-refractivity contribution in [3.8, 4) is 0 Å². The highest BCUT2D eigenvalue weighted by atomic mass is 16.5.